The van der Waals surface area contributed by atoms with Gasteiger partial charge in [0.2, 0.25) is 0 Å². The molecular weight excluding hydrogens is 701 g/mol. The van der Waals surface area contributed by atoms with Crippen LogP contribution in [0.25, 0.3) is 21.8 Å². The fourth-order valence-electron chi connectivity index (χ4n) is 7.35. The zero-order chi connectivity index (χ0) is 36.0. The first-order valence-corrected chi connectivity index (χ1v) is 20.3. The minimum atomic E-state index is -4.26. The number of aromatic nitrogens is 2. The zero-order valence-electron chi connectivity index (χ0n) is 28.1. The second-order valence-corrected chi connectivity index (χ2v) is 16.8. The van der Waals surface area contributed by atoms with E-state index in [1.165, 1.54) is 30.6 Å². The summed E-state index contributed by atoms with van der Waals surface area (Å²) in [6, 6.07) is 21.2. The molecule has 6 aromatic rings. The molecule has 1 atom stereocenters. The SMILES string of the molecule is O=c1oc2c(c(O)c1C(c1cc(NS(=O)(=O)c3cccc4cccnc34)cc(NS(=O)(=O)c3cccc4cccnc34)c1)C1CC1)CCCCCC2. The molecule has 0 spiro atoms. The average molecular weight is 737 g/mol. The Balaban J connectivity index is 1.27. The van der Waals surface area contributed by atoms with Crippen molar-refractivity contribution >= 4 is 53.2 Å². The van der Waals surface area contributed by atoms with Gasteiger partial charge < -0.3 is 9.52 Å². The van der Waals surface area contributed by atoms with Gasteiger partial charge in [0.05, 0.1) is 28.0 Å². The fraction of sp³-hybridized carbons (Fsp3) is 0.256. The summed E-state index contributed by atoms with van der Waals surface area (Å²) >= 11 is 0. The quantitative estimate of drug-likeness (QED) is 0.139. The second kappa shape index (κ2) is 13.4. The van der Waals surface area contributed by atoms with Crippen LogP contribution in [0.3, 0.4) is 0 Å². The van der Waals surface area contributed by atoms with Crippen LogP contribution in [0.2, 0.25) is 0 Å². The first kappa shape index (κ1) is 33.9. The van der Waals surface area contributed by atoms with E-state index in [1.54, 1.807) is 60.7 Å². The molecule has 2 aliphatic carbocycles. The van der Waals surface area contributed by atoms with Gasteiger partial charge in [-0.25, -0.2) is 21.6 Å². The highest BCUT2D eigenvalue weighted by atomic mass is 32.2. The molecule has 3 N–H and O–H groups in total. The second-order valence-electron chi connectivity index (χ2n) is 13.5. The third-order valence-corrected chi connectivity index (χ3v) is 12.7. The monoisotopic (exact) mass is 736 g/mol. The van der Waals surface area contributed by atoms with Crippen molar-refractivity contribution in [3.05, 3.63) is 124 Å². The van der Waals surface area contributed by atoms with E-state index >= 15 is 0 Å². The van der Waals surface area contributed by atoms with Crippen molar-refractivity contribution in [3.63, 3.8) is 0 Å². The number of pyridine rings is 2. The van der Waals surface area contributed by atoms with Crippen molar-refractivity contribution in [3.8, 4) is 5.75 Å². The number of rotatable bonds is 9. The molecule has 0 amide bonds. The fourth-order valence-corrected chi connectivity index (χ4v) is 9.80. The summed E-state index contributed by atoms with van der Waals surface area (Å²) in [7, 11) is -8.52. The molecule has 1 fully saturated rings. The maximum atomic E-state index is 14.0. The maximum absolute atomic E-state index is 14.0. The zero-order valence-corrected chi connectivity index (χ0v) is 29.7. The lowest BCUT2D eigenvalue weighted by Crippen LogP contribution is -2.20. The van der Waals surface area contributed by atoms with Gasteiger partial charge in [0, 0.05) is 41.1 Å². The lowest BCUT2D eigenvalue weighted by molar-refractivity contribution is 0.382. The lowest BCUT2D eigenvalue weighted by atomic mass is 9.85. The summed E-state index contributed by atoms with van der Waals surface area (Å²) in [5, 5.41) is 13.0. The number of benzene rings is 3. The molecule has 0 bridgehead atoms. The molecule has 3 heterocycles. The first-order valence-electron chi connectivity index (χ1n) is 17.3. The van der Waals surface area contributed by atoms with Crippen LogP contribution in [-0.4, -0.2) is 31.9 Å². The summed E-state index contributed by atoms with van der Waals surface area (Å²) < 4.78 is 67.2. The maximum Gasteiger partial charge on any atom is 0.343 e. The van der Waals surface area contributed by atoms with Crippen molar-refractivity contribution in [1.29, 1.82) is 0 Å². The number of anilines is 2. The van der Waals surface area contributed by atoms with E-state index in [2.05, 4.69) is 19.4 Å². The molecule has 11 nitrogen and oxygen atoms in total. The highest BCUT2D eigenvalue weighted by Crippen LogP contribution is 2.49. The minimum Gasteiger partial charge on any atom is -0.507 e. The number of nitrogens with one attached hydrogen (secondary N) is 2. The van der Waals surface area contributed by atoms with Gasteiger partial charge in [-0.05, 0) is 86.1 Å². The molecule has 8 rings (SSSR count). The highest BCUT2D eigenvalue weighted by molar-refractivity contribution is 7.93. The number of hydrogen-bond donors (Lipinski definition) is 3. The molecule has 266 valence electrons. The largest absolute Gasteiger partial charge is 0.507 e. The standard InChI is InChI=1S/C39H36N4O7S2/c44-38-30-13-3-1-2-4-14-31(30)50-39(45)35(38)34(24-17-18-24)27-21-28(42-51(46,47)32-15-5-9-25-11-7-19-40-36(25)32)23-29(22-27)43-52(48,49)33-16-6-10-26-12-8-20-41-37(26)33/h5-12,15-16,19-24,34,42-44H,1-4,13-14,17-18H2. The number of para-hydroxylation sites is 2. The van der Waals surface area contributed by atoms with E-state index < -0.39 is 31.6 Å². The number of hydrogen-bond acceptors (Lipinski definition) is 9. The molecule has 0 saturated heterocycles. The van der Waals surface area contributed by atoms with Crippen LogP contribution >= 0.6 is 0 Å². The van der Waals surface area contributed by atoms with E-state index in [9.17, 15) is 26.7 Å². The Morgan fingerprint density at radius 2 is 1.25 bits per heavy atom. The van der Waals surface area contributed by atoms with Gasteiger partial charge >= 0.3 is 5.63 Å². The lowest BCUT2D eigenvalue weighted by Gasteiger charge is -2.23. The van der Waals surface area contributed by atoms with E-state index in [0.717, 1.165) is 38.5 Å². The van der Waals surface area contributed by atoms with Gasteiger partial charge in [0.1, 0.15) is 21.3 Å². The summed E-state index contributed by atoms with van der Waals surface area (Å²) in [6.07, 6.45) is 9.37. The number of aromatic hydroxyl groups is 1. The van der Waals surface area contributed by atoms with Crippen LogP contribution in [0.4, 0.5) is 11.4 Å². The summed E-state index contributed by atoms with van der Waals surface area (Å²) in [5.74, 6) is -0.357. The normalized spacial score (nSPS) is 15.8. The molecule has 52 heavy (non-hydrogen) atoms. The van der Waals surface area contributed by atoms with Crippen LogP contribution in [0, 0.1) is 5.92 Å². The van der Waals surface area contributed by atoms with Gasteiger partial charge in [-0.1, -0.05) is 49.2 Å². The van der Waals surface area contributed by atoms with E-state index in [-0.39, 0.29) is 49.4 Å². The smallest absolute Gasteiger partial charge is 0.343 e. The Kier molecular flexibility index (Phi) is 8.70. The third-order valence-electron chi connectivity index (χ3n) is 9.89. The van der Waals surface area contributed by atoms with Crippen LogP contribution in [0.5, 0.6) is 5.75 Å². The minimum absolute atomic E-state index is 0.0555. The van der Waals surface area contributed by atoms with Gasteiger partial charge in [-0.3, -0.25) is 19.4 Å². The predicted molar refractivity (Wildman–Crippen MR) is 199 cm³/mol. The van der Waals surface area contributed by atoms with Gasteiger partial charge in [0.25, 0.3) is 20.0 Å². The van der Waals surface area contributed by atoms with Crippen molar-refractivity contribution in [2.24, 2.45) is 5.92 Å². The molecular formula is C39H36N4O7S2. The van der Waals surface area contributed by atoms with E-state index in [0.29, 0.717) is 40.5 Å². The Morgan fingerprint density at radius 1 is 0.712 bits per heavy atom. The Morgan fingerprint density at radius 3 is 1.81 bits per heavy atom. The van der Waals surface area contributed by atoms with Crippen LogP contribution in [0.15, 0.2) is 110 Å². The summed E-state index contributed by atoms with van der Waals surface area (Å²) in [5.41, 5.74) is 1.19. The third kappa shape index (κ3) is 6.50. The highest BCUT2D eigenvalue weighted by Gasteiger charge is 2.39. The number of aryl methyl sites for hydroxylation is 1. The van der Waals surface area contributed by atoms with Gasteiger partial charge in [0.15, 0.2) is 0 Å². The van der Waals surface area contributed by atoms with Crippen molar-refractivity contribution in [1.82, 2.24) is 9.97 Å². The summed E-state index contributed by atoms with van der Waals surface area (Å²) in [4.78, 5) is 22.2. The molecule has 2 aliphatic rings. The summed E-state index contributed by atoms with van der Waals surface area (Å²) in [6.45, 7) is 0. The first-order chi connectivity index (χ1) is 25.1. The Hall–Kier alpha value is -5.27. The van der Waals surface area contributed by atoms with Crippen molar-refractivity contribution < 1.29 is 26.4 Å². The number of nitrogens with zero attached hydrogens (tertiary/aromatic N) is 2. The predicted octanol–water partition coefficient (Wildman–Crippen LogP) is 7.24. The molecule has 3 aromatic heterocycles. The van der Waals surface area contributed by atoms with Gasteiger partial charge in [-0.2, -0.15) is 0 Å². The molecule has 0 radical (unpaired) electrons. The van der Waals surface area contributed by atoms with Crippen LogP contribution < -0.4 is 15.1 Å². The van der Waals surface area contributed by atoms with Crippen molar-refractivity contribution in [2.75, 3.05) is 9.44 Å². The average Bonchev–Trinajstić information content (AvgIpc) is 3.95. The molecule has 3 aromatic carbocycles. The molecule has 0 aliphatic heterocycles. The molecule has 13 heteroatoms. The topological polar surface area (TPSA) is 169 Å². The molecule has 1 unspecified atom stereocenters. The van der Waals surface area contributed by atoms with Gasteiger partial charge in [-0.15, -0.1) is 0 Å². The van der Waals surface area contributed by atoms with E-state index in [1.807, 2.05) is 0 Å². The van der Waals surface area contributed by atoms with Crippen LogP contribution in [0.1, 0.15) is 66.9 Å². The molecule has 1 saturated carbocycles. The van der Waals surface area contributed by atoms with Crippen LogP contribution in [-0.2, 0) is 32.9 Å². The van der Waals surface area contributed by atoms with Crippen molar-refractivity contribution in [2.45, 2.75) is 67.1 Å². The van der Waals surface area contributed by atoms with E-state index in [4.69, 9.17) is 4.42 Å². The number of fused-ring (bicyclic) bond motifs is 3. The Bertz CT molecular complexity index is 2500. The Labute approximate surface area is 300 Å². The number of sulfonamides is 2.